The fourth-order valence-corrected chi connectivity index (χ4v) is 5.89. The number of amides is 2. The van der Waals surface area contributed by atoms with Gasteiger partial charge in [-0.15, -0.1) is 0 Å². The van der Waals surface area contributed by atoms with E-state index in [1.807, 2.05) is 71.6 Å². The summed E-state index contributed by atoms with van der Waals surface area (Å²) >= 11 is 0. The minimum Gasteiger partial charge on any atom is -0.354 e. The van der Waals surface area contributed by atoms with Crippen molar-refractivity contribution in [3.8, 4) is 11.3 Å². The lowest BCUT2D eigenvalue weighted by atomic mass is 9.91. The number of hydrogen-bond acceptors (Lipinski definition) is 2. The van der Waals surface area contributed by atoms with Crippen molar-refractivity contribution in [1.82, 2.24) is 9.88 Å². The first-order valence-corrected chi connectivity index (χ1v) is 13.9. The molecular weight excluding hydrogens is 494 g/mol. The summed E-state index contributed by atoms with van der Waals surface area (Å²) in [5.74, 6) is -0.0967. The summed E-state index contributed by atoms with van der Waals surface area (Å²) in [7, 11) is 0. The quantitative estimate of drug-likeness (QED) is 0.227. The van der Waals surface area contributed by atoms with E-state index < -0.39 is 12.1 Å². The van der Waals surface area contributed by atoms with Crippen LogP contribution in [-0.2, 0) is 4.79 Å². The number of aromatic nitrogens is 1. The summed E-state index contributed by atoms with van der Waals surface area (Å²) in [4.78, 5) is 33.7. The van der Waals surface area contributed by atoms with Crippen molar-refractivity contribution < 1.29 is 9.59 Å². The van der Waals surface area contributed by atoms with Gasteiger partial charge in [-0.05, 0) is 54.7 Å². The lowest BCUT2D eigenvalue weighted by Gasteiger charge is -2.34. The molecule has 0 radical (unpaired) electrons. The molecule has 200 valence electrons. The molecule has 0 fully saturated rings. The number of hydrogen-bond donors (Lipinski definition) is 2. The number of aromatic amines is 1. The lowest BCUT2D eigenvalue weighted by molar-refractivity contribution is -0.121. The van der Waals surface area contributed by atoms with Gasteiger partial charge < -0.3 is 15.2 Å². The first-order valence-electron chi connectivity index (χ1n) is 13.9. The largest absolute Gasteiger partial charge is 0.354 e. The van der Waals surface area contributed by atoms with Crippen LogP contribution in [0.4, 0.5) is 5.69 Å². The lowest BCUT2D eigenvalue weighted by Crippen LogP contribution is -2.47. The number of para-hydroxylation sites is 2. The van der Waals surface area contributed by atoms with E-state index in [2.05, 4.69) is 67.5 Å². The van der Waals surface area contributed by atoms with Crippen LogP contribution in [0.15, 0.2) is 103 Å². The molecule has 2 amide bonds. The topological polar surface area (TPSA) is 65.2 Å². The Morgan fingerprint density at radius 1 is 0.875 bits per heavy atom. The minimum atomic E-state index is -0.662. The molecule has 2 atom stereocenters. The van der Waals surface area contributed by atoms with Crippen molar-refractivity contribution in [2.45, 2.75) is 39.3 Å². The Morgan fingerprint density at radius 3 is 2.30 bits per heavy atom. The predicted molar refractivity (Wildman–Crippen MR) is 161 cm³/mol. The number of carbonyl (C=O) groups is 2. The third-order valence-electron chi connectivity index (χ3n) is 7.73. The third-order valence-corrected chi connectivity index (χ3v) is 7.73. The van der Waals surface area contributed by atoms with Gasteiger partial charge in [-0.25, -0.2) is 0 Å². The van der Waals surface area contributed by atoms with Gasteiger partial charge in [-0.3, -0.25) is 9.59 Å². The maximum atomic E-state index is 14.2. The van der Waals surface area contributed by atoms with Crippen molar-refractivity contribution in [1.29, 1.82) is 0 Å². The van der Waals surface area contributed by atoms with Gasteiger partial charge in [0.2, 0.25) is 5.91 Å². The average Bonchev–Trinajstić information content (AvgIpc) is 3.47. The molecule has 5 heteroatoms. The van der Waals surface area contributed by atoms with Crippen LogP contribution in [0.5, 0.6) is 0 Å². The van der Waals surface area contributed by atoms with Crippen LogP contribution >= 0.6 is 0 Å². The average molecular weight is 528 g/mol. The standard InChI is InChI=1S/C35H33N3O2/c1-22(2)21-30(34(39)36-25-11-5-4-6-12-25)38-33(26-13-7-8-14-27(26)35(38)40)31-28-15-9-10-16-29(28)37-32(31)24-19-17-23(3)18-20-24/h4-20,22,30,33,37H,21H2,1-3H3,(H,36,39). The Kier molecular flexibility index (Phi) is 6.72. The van der Waals surface area contributed by atoms with E-state index in [-0.39, 0.29) is 17.7 Å². The second-order valence-corrected chi connectivity index (χ2v) is 11.0. The van der Waals surface area contributed by atoms with Gasteiger partial charge in [0.05, 0.1) is 11.7 Å². The zero-order valence-corrected chi connectivity index (χ0v) is 23.0. The van der Waals surface area contributed by atoms with E-state index in [4.69, 9.17) is 0 Å². The molecule has 5 aromatic rings. The van der Waals surface area contributed by atoms with Crippen LogP contribution < -0.4 is 5.32 Å². The molecule has 5 nitrogen and oxygen atoms in total. The first-order chi connectivity index (χ1) is 19.4. The van der Waals surface area contributed by atoms with E-state index >= 15 is 0 Å². The monoisotopic (exact) mass is 527 g/mol. The van der Waals surface area contributed by atoms with Crippen LogP contribution in [0.3, 0.4) is 0 Å². The smallest absolute Gasteiger partial charge is 0.255 e. The van der Waals surface area contributed by atoms with Crippen molar-refractivity contribution in [2.24, 2.45) is 5.92 Å². The molecule has 1 aliphatic rings. The Morgan fingerprint density at radius 2 is 1.55 bits per heavy atom. The zero-order valence-electron chi connectivity index (χ0n) is 23.0. The molecule has 2 N–H and O–H groups in total. The van der Waals surface area contributed by atoms with Gasteiger partial charge in [0.25, 0.3) is 5.91 Å². The Bertz CT molecular complexity index is 1690. The van der Waals surface area contributed by atoms with Crippen LogP contribution in [0.1, 0.15) is 53.4 Å². The van der Waals surface area contributed by atoms with Crippen molar-refractivity contribution in [3.05, 3.63) is 125 Å². The molecule has 0 saturated carbocycles. The number of nitrogens with zero attached hydrogens (tertiary/aromatic N) is 1. The second kappa shape index (κ2) is 10.5. The molecule has 2 unspecified atom stereocenters. The molecule has 6 rings (SSSR count). The van der Waals surface area contributed by atoms with E-state index in [9.17, 15) is 9.59 Å². The van der Waals surface area contributed by atoms with E-state index in [1.165, 1.54) is 5.56 Å². The van der Waals surface area contributed by atoms with E-state index in [0.717, 1.165) is 39.0 Å². The van der Waals surface area contributed by atoms with Crippen LogP contribution in [-0.4, -0.2) is 27.7 Å². The fraction of sp³-hybridized carbons (Fsp3) is 0.200. The highest BCUT2D eigenvalue weighted by atomic mass is 16.2. The molecule has 1 aliphatic heterocycles. The van der Waals surface area contributed by atoms with Gasteiger partial charge in [0, 0.05) is 27.7 Å². The number of H-pyrrole nitrogens is 1. The summed E-state index contributed by atoms with van der Waals surface area (Å²) in [5, 5.41) is 4.13. The molecule has 0 aliphatic carbocycles. The Balaban J connectivity index is 1.56. The summed E-state index contributed by atoms with van der Waals surface area (Å²) in [6.45, 7) is 6.26. The highest BCUT2D eigenvalue weighted by molar-refractivity contribution is 6.06. The molecule has 40 heavy (non-hydrogen) atoms. The van der Waals surface area contributed by atoms with Crippen LogP contribution in [0.2, 0.25) is 0 Å². The highest BCUT2D eigenvalue weighted by Crippen LogP contribution is 2.47. The van der Waals surface area contributed by atoms with Gasteiger partial charge in [-0.2, -0.15) is 0 Å². The summed E-state index contributed by atoms with van der Waals surface area (Å²) in [5.41, 5.74) is 7.49. The molecule has 1 aromatic heterocycles. The maximum absolute atomic E-state index is 14.2. The number of anilines is 1. The molecule has 0 saturated heterocycles. The van der Waals surface area contributed by atoms with Gasteiger partial charge in [0.1, 0.15) is 6.04 Å². The molecule has 0 spiro atoms. The minimum absolute atomic E-state index is 0.116. The molecule has 0 bridgehead atoms. The first kappa shape index (κ1) is 25.6. The second-order valence-electron chi connectivity index (χ2n) is 11.0. The normalized spacial score (nSPS) is 15.4. The van der Waals surface area contributed by atoms with E-state index in [0.29, 0.717) is 12.0 Å². The van der Waals surface area contributed by atoms with Crippen LogP contribution in [0, 0.1) is 12.8 Å². The number of aryl methyl sites for hydroxylation is 1. The Labute approximate surface area is 234 Å². The summed E-state index contributed by atoms with van der Waals surface area (Å²) < 4.78 is 0. The van der Waals surface area contributed by atoms with E-state index in [1.54, 1.807) is 0 Å². The van der Waals surface area contributed by atoms with Crippen LogP contribution in [0.25, 0.3) is 22.2 Å². The third kappa shape index (κ3) is 4.58. The number of fused-ring (bicyclic) bond motifs is 2. The zero-order chi connectivity index (χ0) is 27.8. The molecular formula is C35H33N3O2. The SMILES string of the molecule is Cc1ccc(-c2[nH]c3ccccc3c2C2c3ccccc3C(=O)N2C(CC(C)C)C(=O)Nc2ccccc2)cc1. The van der Waals surface area contributed by atoms with Gasteiger partial charge in [0.15, 0.2) is 0 Å². The number of nitrogens with one attached hydrogen (secondary N) is 2. The number of carbonyl (C=O) groups excluding carboxylic acids is 2. The van der Waals surface area contributed by atoms with Gasteiger partial charge in [-0.1, -0.05) is 98.3 Å². The van der Waals surface area contributed by atoms with Crippen molar-refractivity contribution in [3.63, 3.8) is 0 Å². The summed E-state index contributed by atoms with van der Waals surface area (Å²) in [6, 6.07) is 32.8. The molecule has 2 heterocycles. The number of benzene rings is 4. The highest BCUT2D eigenvalue weighted by Gasteiger charge is 2.45. The number of rotatable bonds is 7. The maximum Gasteiger partial charge on any atom is 0.255 e. The molecule has 4 aromatic carbocycles. The van der Waals surface area contributed by atoms with Crippen molar-refractivity contribution in [2.75, 3.05) is 5.32 Å². The summed E-state index contributed by atoms with van der Waals surface area (Å²) in [6.07, 6.45) is 0.539. The Hall–Kier alpha value is -4.64. The fourth-order valence-electron chi connectivity index (χ4n) is 5.89. The predicted octanol–water partition coefficient (Wildman–Crippen LogP) is 7.74. The van der Waals surface area contributed by atoms with Crippen molar-refractivity contribution >= 4 is 28.4 Å². The van der Waals surface area contributed by atoms with Gasteiger partial charge >= 0.3 is 0 Å².